The Morgan fingerprint density at radius 1 is 0.882 bits per heavy atom. The molecular formula is C14H28OSi2. The molecule has 0 aliphatic heterocycles. The van der Waals surface area contributed by atoms with E-state index >= 15 is 0 Å². The third-order valence-corrected chi connectivity index (χ3v) is 8.46. The maximum Gasteiger partial charge on any atom is 0.0960 e. The van der Waals surface area contributed by atoms with Crippen molar-refractivity contribution in [2.24, 2.45) is 0 Å². The highest BCUT2D eigenvalue weighted by atomic mass is 28.3. The van der Waals surface area contributed by atoms with E-state index in [1.165, 1.54) is 5.76 Å². The van der Waals surface area contributed by atoms with Crippen LogP contribution in [-0.4, -0.2) is 23.3 Å². The minimum absolute atomic E-state index is 0.556. The summed E-state index contributed by atoms with van der Waals surface area (Å²) in [4.78, 5) is 0. The zero-order valence-electron chi connectivity index (χ0n) is 12.7. The summed E-state index contributed by atoms with van der Waals surface area (Å²) in [5.41, 5.74) is 2.77. The van der Waals surface area contributed by atoms with Crippen molar-refractivity contribution in [3.8, 4) is 0 Å². The van der Waals surface area contributed by atoms with Crippen LogP contribution in [0.15, 0.2) is 23.5 Å². The first-order valence-electron chi connectivity index (χ1n) is 6.51. The van der Waals surface area contributed by atoms with Gasteiger partial charge in [0.1, 0.15) is 0 Å². The Hall–Kier alpha value is -0.286. The molecule has 0 spiro atoms. The Balaban J connectivity index is 3.13. The third-order valence-electron chi connectivity index (χ3n) is 3.66. The van der Waals surface area contributed by atoms with Crippen molar-refractivity contribution >= 4 is 16.1 Å². The summed E-state index contributed by atoms with van der Waals surface area (Å²) in [6, 6.07) is 0. The van der Waals surface area contributed by atoms with Crippen LogP contribution in [0.25, 0.3) is 0 Å². The molecule has 0 N–H and O–H groups in total. The summed E-state index contributed by atoms with van der Waals surface area (Å²) in [5.74, 6) is 1.22. The topological polar surface area (TPSA) is 9.23 Å². The molecule has 1 rings (SSSR count). The second kappa shape index (κ2) is 4.77. The van der Waals surface area contributed by atoms with Crippen molar-refractivity contribution in [3.63, 3.8) is 0 Å². The molecule has 0 heterocycles. The Morgan fingerprint density at radius 3 is 1.71 bits per heavy atom. The number of hydrogen-bond donors (Lipinski definition) is 0. The van der Waals surface area contributed by atoms with Crippen LogP contribution in [0.1, 0.15) is 6.92 Å². The maximum atomic E-state index is 5.68. The Kier molecular flexibility index (Phi) is 4.14. The molecule has 2 unspecified atom stereocenters. The van der Waals surface area contributed by atoms with E-state index in [4.69, 9.17) is 4.74 Å². The molecule has 0 saturated heterocycles. The normalized spacial score (nSPS) is 26.4. The van der Waals surface area contributed by atoms with Crippen molar-refractivity contribution in [2.45, 2.75) is 57.3 Å². The van der Waals surface area contributed by atoms with Crippen LogP contribution in [-0.2, 0) is 4.74 Å². The van der Waals surface area contributed by atoms with E-state index in [2.05, 4.69) is 58.4 Å². The van der Waals surface area contributed by atoms with E-state index in [1.54, 1.807) is 5.57 Å². The average molecular weight is 269 g/mol. The molecule has 0 saturated carbocycles. The molecule has 0 aromatic carbocycles. The number of hydrogen-bond acceptors (Lipinski definition) is 1. The van der Waals surface area contributed by atoms with E-state index < -0.39 is 16.1 Å². The van der Waals surface area contributed by atoms with E-state index in [9.17, 15) is 0 Å². The van der Waals surface area contributed by atoms with Crippen molar-refractivity contribution in [3.05, 3.63) is 23.5 Å². The zero-order valence-corrected chi connectivity index (χ0v) is 14.7. The van der Waals surface area contributed by atoms with Gasteiger partial charge in [-0.25, -0.2) is 0 Å². The van der Waals surface area contributed by atoms with E-state index in [0.717, 1.165) is 0 Å². The number of rotatable bonds is 3. The maximum absolute atomic E-state index is 5.68. The highest BCUT2D eigenvalue weighted by molar-refractivity contribution is 6.80. The average Bonchev–Trinajstić information content (AvgIpc) is 2.14. The summed E-state index contributed by atoms with van der Waals surface area (Å²) >= 11 is 0. The summed E-state index contributed by atoms with van der Waals surface area (Å²) < 4.78 is 5.68. The van der Waals surface area contributed by atoms with Gasteiger partial charge in [-0.2, -0.15) is 0 Å². The number of methoxy groups -OCH3 is 1. The lowest BCUT2D eigenvalue weighted by Gasteiger charge is -2.37. The van der Waals surface area contributed by atoms with Crippen LogP contribution in [0.3, 0.4) is 0 Å². The van der Waals surface area contributed by atoms with Crippen LogP contribution in [0.5, 0.6) is 0 Å². The van der Waals surface area contributed by atoms with Gasteiger partial charge in [-0.1, -0.05) is 50.9 Å². The minimum atomic E-state index is -1.23. The number of allylic oxidation sites excluding steroid dienone is 3. The molecule has 0 aromatic heterocycles. The predicted octanol–water partition coefficient (Wildman–Crippen LogP) is 4.89. The van der Waals surface area contributed by atoms with Gasteiger partial charge in [-0.05, 0) is 18.5 Å². The molecule has 0 amide bonds. The molecular weight excluding hydrogens is 240 g/mol. The van der Waals surface area contributed by atoms with Gasteiger partial charge in [0, 0.05) is 5.54 Å². The lowest BCUT2D eigenvalue weighted by atomic mass is 10.1. The third kappa shape index (κ3) is 3.35. The zero-order chi connectivity index (χ0) is 13.4. The predicted molar refractivity (Wildman–Crippen MR) is 83.0 cm³/mol. The quantitative estimate of drug-likeness (QED) is 0.523. The van der Waals surface area contributed by atoms with Gasteiger partial charge in [0.05, 0.1) is 29.0 Å². The highest BCUT2D eigenvalue weighted by Gasteiger charge is 2.36. The molecule has 17 heavy (non-hydrogen) atoms. The highest BCUT2D eigenvalue weighted by Crippen LogP contribution is 2.44. The van der Waals surface area contributed by atoms with Gasteiger partial charge < -0.3 is 4.74 Å². The number of ether oxygens (including phenoxy) is 1. The van der Waals surface area contributed by atoms with Crippen molar-refractivity contribution in [1.29, 1.82) is 0 Å². The first-order valence-corrected chi connectivity index (χ1v) is 13.7. The molecule has 98 valence electrons. The fourth-order valence-electron chi connectivity index (χ4n) is 2.65. The Morgan fingerprint density at radius 2 is 1.35 bits per heavy atom. The summed E-state index contributed by atoms with van der Waals surface area (Å²) in [5, 5.41) is 0. The van der Waals surface area contributed by atoms with Crippen LogP contribution < -0.4 is 0 Å². The minimum Gasteiger partial charge on any atom is -0.501 e. The summed E-state index contributed by atoms with van der Waals surface area (Å²) in [6.45, 7) is 16.9. The second-order valence-electron chi connectivity index (χ2n) is 7.37. The monoisotopic (exact) mass is 268 g/mol. The van der Waals surface area contributed by atoms with Gasteiger partial charge in [0.25, 0.3) is 0 Å². The van der Waals surface area contributed by atoms with Gasteiger partial charge in [-0.15, -0.1) is 0 Å². The molecule has 0 aromatic rings. The molecule has 0 fully saturated rings. The lowest BCUT2D eigenvalue weighted by molar-refractivity contribution is 0.280. The van der Waals surface area contributed by atoms with Gasteiger partial charge in [-0.3, -0.25) is 0 Å². The molecule has 1 nitrogen and oxygen atoms in total. The van der Waals surface area contributed by atoms with Crippen LogP contribution in [0.2, 0.25) is 50.4 Å². The SMILES string of the molecule is COC1=CC([Si](C)(C)C)C(C)=CC1[Si](C)(C)C. The molecule has 1 aliphatic carbocycles. The lowest BCUT2D eigenvalue weighted by Crippen LogP contribution is -2.35. The summed E-state index contributed by atoms with van der Waals surface area (Å²) in [6.07, 6.45) is 4.92. The molecule has 0 bridgehead atoms. The van der Waals surface area contributed by atoms with Crippen LogP contribution in [0.4, 0.5) is 0 Å². The molecule has 2 atom stereocenters. The standard InChI is InChI=1S/C14H28OSi2/c1-11-9-14(17(6,7)8)12(15-2)10-13(11)16(3,4)5/h9-10,13-14H,1-8H3. The molecule has 0 radical (unpaired) electrons. The fourth-order valence-corrected chi connectivity index (χ4v) is 6.61. The van der Waals surface area contributed by atoms with Crippen molar-refractivity contribution in [1.82, 2.24) is 0 Å². The van der Waals surface area contributed by atoms with E-state index in [-0.39, 0.29) is 0 Å². The largest absolute Gasteiger partial charge is 0.501 e. The van der Waals surface area contributed by atoms with E-state index in [0.29, 0.717) is 11.1 Å². The van der Waals surface area contributed by atoms with Crippen LogP contribution >= 0.6 is 0 Å². The summed E-state index contributed by atoms with van der Waals surface area (Å²) in [7, 11) is -0.573. The van der Waals surface area contributed by atoms with Gasteiger partial charge in [0.2, 0.25) is 0 Å². The van der Waals surface area contributed by atoms with Crippen molar-refractivity contribution < 1.29 is 4.74 Å². The fraction of sp³-hybridized carbons (Fsp3) is 0.714. The van der Waals surface area contributed by atoms with Crippen molar-refractivity contribution in [2.75, 3.05) is 7.11 Å². The molecule has 1 aliphatic rings. The van der Waals surface area contributed by atoms with Gasteiger partial charge in [0.15, 0.2) is 0 Å². The van der Waals surface area contributed by atoms with Crippen LogP contribution in [0, 0.1) is 0 Å². The van der Waals surface area contributed by atoms with E-state index in [1.807, 2.05) is 7.11 Å². The smallest absolute Gasteiger partial charge is 0.0960 e. The second-order valence-corrected chi connectivity index (χ2v) is 18.1. The molecule has 3 heteroatoms. The van der Waals surface area contributed by atoms with Gasteiger partial charge >= 0.3 is 0 Å². The first-order chi connectivity index (χ1) is 7.57. The Labute approximate surface area is 109 Å². The first kappa shape index (κ1) is 14.8. The Bertz CT molecular complexity index is 342.